The van der Waals surface area contributed by atoms with Crippen LogP contribution in [0.4, 0.5) is 5.69 Å². The Morgan fingerprint density at radius 3 is 2.78 bits per heavy atom. The fourth-order valence-corrected chi connectivity index (χ4v) is 2.89. The van der Waals surface area contributed by atoms with Crippen molar-refractivity contribution in [3.05, 3.63) is 66.5 Å². The molecule has 27 heavy (non-hydrogen) atoms. The summed E-state index contributed by atoms with van der Waals surface area (Å²) in [6.07, 6.45) is 1.59. The van der Waals surface area contributed by atoms with Gasteiger partial charge in [-0.25, -0.2) is 0 Å². The van der Waals surface area contributed by atoms with Gasteiger partial charge < -0.3 is 14.8 Å². The SMILES string of the molecule is COc1ccc(OC)c(CNc2cccc(-c3ccc4nncn4n3)c2)c1. The quantitative estimate of drug-likeness (QED) is 0.567. The van der Waals surface area contributed by atoms with Crippen LogP contribution >= 0.6 is 0 Å². The number of hydrogen-bond acceptors (Lipinski definition) is 6. The van der Waals surface area contributed by atoms with Gasteiger partial charge >= 0.3 is 0 Å². The van der Waals surface area contributed by atoms with E-state index in [1.165, 1.54) is 0 Å². The van der Waals surface area contributed by atoms with Crippen LogP contribution in [0.5, 0.6) is 11.5 Å². The van der Waals surface area contributed by atoms with Crippen LogP contribution in [-0.2, 0) is 6.54 Å². The molecule has 7 heteroatoms. The minimum Gasteiger partial charge on any atom is -0.497 e. The van der Waals surface area contributed by atoms with Gasteiger partial charge in [0.15, 0.2) is 5.65 Å². The number of ether oxygens (including phenoxy) is 2. The van der Waals surface area contributed by atoms with Crippen LogP contribution in [0.25, 0.3) is 16.9 Å². The summed E-state index contributed by atoms with van der Waals surface area (Å²) in [7, 11) is 3.32. The fourth-order valence-electron chi connectivity index (χ4n) is 2.89. The van der Waals surface area contributed by atoms with Gasteiger partial charge in [0.1, 0.15) is 17.8 Å². The average Bonchev–Trinajstić information content (AvgIpc) is 3.20. The van der Waals surface area contributed by atoms with Crippen LogP contribution in [0.1, 0.15) is 5.56 Å². The van der Waals surface area contributed by atoms with Crippen molar-refractivity contribution >= 4 is 11.3 Å². The monoisotopic (exact) mass is 361 g/mol. The molecule has 0 bridgehead atoms. The maximum Gasteiger partial charge on any atom is 0.177 e. The van der Waals surface area contributed by atoms with Crippen molar-refractivity contribution in [2.24, 2.45) is 0 Å². The molecule has 2 aromatic carbocycles. The number of rotatable bonds is 6. The summed E-state index contributed by atoms with van der Waals surface area (Å²) in [6.45, 7) is 0.613. The summed E-state index contributed by atoms with van der Waals surface area (Å²) >= 11 is 0. The van der Waals surface area contributed by atoms with E-state index in [4.69, 9.17) is 9.47 Å². The van der Waals surface area contributed by atoms with E-state index in [1.54, 1.807) is 25.1 Å². The van der Waals surface area contributed by atoms with E-state index in [2.05, 4.69) is 26.7 Å². The summed E-state index contributed by atoms with van der Waals surface area (Å²) in [5.74, 6) is 1.62. The number of hydrogen-bond donors (Lipinski definition) is 1. The molecule has 0 spiro atoms. The Morgan fingerprint density at radius 2 is 1.93 bits per heavy atom. The summed E-state index contributed by atoms with van der Waals surface area (Å²) < 4.78 is 12.4. The maximum absolute atomic E-state index is 5.44. The van der Waals surface area contributed by atoms with Crippen LogP contribution in [-0.4, -0.2) is 34.0 Å². The second-order valence-electron chi connectivity index (χ2n) is 5.96. The van der Waals surface area contributed by atoms with Crippen LogP contribution in [0.2, 0.25) is 0 Å². The van der Waals surface area contributed by atoms with E-state index in [-0.39, 0.29) is 0 Å². The predicted molar refractivity (Wildman–Crippen MR) is 103 cm³/mol. The number of nitrogens with zero attached hydrogens (tertiary/aromatic N) is 4. The molecule has 0 aliphatic heterocycles. The topological polar surface area (TPSA) is 73.6 Å². The maximum atomic E-state index is 5.44. The number of methoxy groups -OCH3 is 2. The molecule has 7 nitrogen and oxygen atoms in total. The lowest BCUT2D eigenvalue weighted by atomic mass is 10.1. The molecule has 0 saturated heterocycles. The molecule has 0 saturated carbocycles. The largest absolute Gasteiger partial charge is 0.497 e. The highest BCUT2D eigenvalue weighted by Gasteiger charge is 2.07. The summed E-state index contributed by atoms with van der Waals surface area (Å²) in [6, 6.07) is 17.7. The first-order valence-electron chi connectivity index (χ1n) is 8.49. The van der Waals surface area contributed by atoms with E-state index in [1.807, 2.05) is 48.5 Å². The van der Waals surface area contributed by atoms with Crippen molar-refractivity contribution < 1.29 is 9.47 Å². The highest BCUT2D eigenvalue weighted by molar-refractivity contribution is 5.65. The smallest absolute Gasteiger partial charge is 0.177 e. The number of nitrogens with one attached hydrogen (secondary N) is 1. The summed E-state index contributed by atoms with van der Waals surface area (Å²) in [5.41, 5.74) is 4.59. The Labute approximate surface area is 156 Å². The van der Waals surface area contributed by atoms with Crippen LogP contribution in [0.3, 0.4) is 0 Å². The van der Waals surface area contributed by atoms with E-state index >= 15 is 0 Å². The van der Waals surface area contributed by atoms with Gasteiger partial charge in [-0.2, -0.15) is 9.61 Å². The molecule has 2 heterocycles. The lowest BCUT2D eigenvalue weighted by molar-refractivity contribution is 0.399. The van der Waals surface area contributed by atoms with E-state index in [0.717, 1.165) is 39.7 Å². The highest BCUT2D eigenvalue weighted by Crippen LogP contribution is 2.26. The van der Waals surface area contributed by atoms with Gasteiger partial charge in [-0.3, -0.25) is 0 Å². The molecule has 2 aromatic heterocycles. The first-order chi connectivity index (χ1) is 13.3. The fraction of sp³-hybridized carbons (Fsp3) is 0.150. The Hall–Kier alpha value is -3.61. The van der Waals surface area contributed by atoms with E-state index in [0.29, 0.717) is 6.54 Å². The zero-order valence-electron chi connectivity index (χ0n) is 15.1. The number of anilines is 1. The highest BCUT2D eigenvalue weighted by atomic mass is 16.5. The number of benzene rings is 2. The Bertz CT molecular complexity index is 1080. The van der Waals surface area contributed by atoms with Gasteiger partial charge in [0.2, 0.25) is 0 Å². The number of aromatic nitrogens is 4. The molecule has 4 aromatic rings. The third-order valence-electron chi connectivity index (χ3n) is 4.29. The normalized spacial score (nSPS) is 10.7. The predicted octanol–water partition coefficient (Wildman–Crippen LogP) is 3.42. The van der Waals surface area contributed by atoms with Crippen LogP contribution < -0.4 is 14.8 Å². The van der Waals surface area contributed by atoms with Crippen molar-refractivity contribution in [3.63, 3.8) is 0 Å². The van der Waals surface area contributed by atoms with Crippen molar-refractivity contribution in [2.75, 3.05) is 19.5 Å². The van der Waals surface area contributed by atoms with Crippen molar-refractivity contribution in [1.29, 1.82) is 0 Å². The molecule has 0 fully saturated rings. The minimum absolute atomic E-state index is 0.613. The average molecular weight is 361 g/mol. The first-order valence-corrected chi connectivity index (χ1v) is 8.49. The summed E-state index contributed by atoms with van der Waals surface area (Å²) in [5, 5.41) is 15.8. The van der Waals surface area contributed by atoms with Gasteiger partial charge in [0, 0.05) is 23.4 Å². The number of fused-ring (bicyclic) bond motifs is 1. The molecule has 0 radical (unpaired) electrons. The summed E-state index contributed by atoms with van der Waals surface area (Å²) in [4.78, 5) is 0. The standard InChI is InChI=1S/C20H19N5O2/c1-26-17-6-8-19(27-2)15(11-17)12-21-16-5-3-4-14(10-16)18-7-9-20-23-22-13-25(20)24-18/h3-11,13,21H,12H2,1-2H3. The van der Waals surface area contributed by atoms with Crippen molar-refractivity contribution in [2.45, 2.75) is 6.54 Å². The molecular formula is C20H19N5O2. The molecule has 136 valence electrons. The van der Waals surface area contributed by atoms with Crippen LogP contribution in [0, 0.1) is 0 Å². The Morgan fingerprint density at radius 1 is 1.00 bits per heavy atom. The lowest BCUT2D eigenvalue weighted by Crippen LogP contribution is -2.02. The minimum atomic E-state index is 0.613. The second-order valence-corrected chi connectivity index (χ2v) is 5.96. The van der Waals surface area contributed by atoms with Crippen molar-refractivity contribution in [1.82, 2.24) is 19.8 Å². The van der Waals surface area contributed by atoms with Gasteiger partial charge in [-0.1, -0.05) is 12.1 Å². The molecule has 0 aliphatic rings. The molecular weight excluding hydrogens is 342 g/mol. The van der Waals surface area contributed by atoms with Gasteiger partial charge in [0.25, 0.3) is 0 Å². The zero-order chi connectivity index (χ0) is 18.6. The Kier molecular flexibility index (Phi) is 4.57. The van der Waals surface area contributed by atoms with Crippen molar-refractivity contribution in [3.8, 4) is 22.8 Å². The molecule has 0 aliphatic carbocycles. The molecule has 0 amide bonds. The molecule has 4 rings (SSSR count). The van der Waals surface area contributed by atoms with Gasteiger partial charge in [0.05, 0.1) is 19.9 Å². The van der Waals surface area contributed by atoms with Gasteiger partial charge in [-0.05, 0) is 42.5 Å². The van der Waals surface area contributed by atoms with E-state index < -0.39 is 0 Å². The second kappa shape index (κ2) is 7.33. The zero-order valence-corrected chi connectivity index (χ0v) is 15.1. The third-order valence-corrected chi connectivity index (χ3v) is 4.29. The van der Waals surface area contributed by atoms with Gasteiger partial charge in [-0.15, -0.1) is 10.2 Å². The molecule has 1 N–H and O–H groups in total. The molecule has 0 atom stereocenters. The third kappa shape index (κ3) is 3.52. The Balaban J connectivity index is 1.56. The molecule has 0 unspecified atom stereocenters. The lowest BCUT2D eigenvalue weighted by Gasteiger charge is -2.13. The van der Waals surface area contributed by atoms with E-state index in [9.17, 15) is 0 Å². The first kappa shape index (κ1) is 16.8. The van der Waals surface area contributed by atoms with Crippen LogP contribution in [0.15, 0.2) is 60.9 Å².